The quantitative estimate of drug-likeness (QED) is 0.753. The van der Waals surface area contributed by atoms with Gasteiger partial charge < -0.3 is 14.8 Å². The Kier molecular flexibility index (Phi) is 5.65. The zero-order valence-electron chi connectivity index (χ0n) is 11.1. The number of hydrogen-bond donors (Lipinski definition) is 1. The van der Waals surface area contributed by atoms with Gasteiger partial charge in [0.2, 0.25) is 0 Å². The molecule has 3 heteroatoms. The van der Waals surface area contributed by atoms with E-state index in [-0.39, 0.29) is 6.10 Å². The molecule has 2 unspecified atom stereocenters. The minimum Gasteiger partial charge on any atom is -0.381 e. The van der Waals surface area contributed by atoms with Crippen molar-refractivity contribution >= 4 is 0 Å². The summed E-state index contributed by atoms with van der Waals surface area (Å²) in [7, 11) is 0. The summed E-state index contributed by atoms with van der Waals surface area (Å²) in [6, 6.07) is 10.3. The summed E-state index contributed by atoms with van der Waals surface area (Å²) in [6.45, 7) is 6.64. The molecule has 1 aromatic carbocycles. The maximum absolute atomic E-state index is 5.80. The summed E-state index contributed by atoms with van der Waals surface area (Å²) in [5.41, 5.74) is 1.24. The van der Waals surface area contributed by atoms with Crippen LogP contribution >= 0.6 is 0 Å². The van der Waals surface area contributed by atoms with E-state index in [1.165, 1.54) is 12.0 Å². The normalized spacial score (nSPS) is 21.1. The van der Waals surface area contributed by atoms with Crippen molar-refractivity contribution in [2.24, 2.45) is 5.92 Å². The molecule has 0 bridgehead atoms. The molecular formula is C15H23NO2. The average molecular weight is 249 g/mol. The molecule has 2 rings (SSSR count). The van der Waals surface area contributed by atoms with Gasteiger partial charge in [-0.3, -0.25) is 0 Å². The van der Waals surface area contributed by atoms with Crippen LogP contribution in [0.15, 0.2) is 30.3 Å². The van der Waals surface area contributed by atoms with Crippen molar-refractivity contribution in [3.8, 4) is 0 Å². The number of rotatable bonds is 7. The van der Waals surface area contributed by atoms with E-state index in [0.29, 0.717) is 5.92 Å². The van der Waals surface area contributed by atoms with Gasteiger partial charge in [-0.2, -0.15) is 0 Å². The number of hydrogen-bond acceptors (Lipinski definition) is 3. The largest absolute Gasteiger partial charge is 0.381 e. The van der Waals surface area contributed by atoms with Crippen molar-refractivity contribution in [1.82, 2.24) is 5.32 Å². The number of ether oxygens (including phenoxy) is 2. The molecule has 1 saturated heterocycles. The fraction of sp³-hybridized carbons (Fsp3) is 0.600. The summed E-state index contributed by atoms with van der Waals surface area (Å²) in [5, 5.41) is 3.43. The van der Waals surface area contributed by atoms with Gasteiger partial charge in [0.05, 0.1) is 19.3 Å². The van der Waals surface area contributed by atoms with Crippen molar-refractivity contribution in [3.05, 3.63) is 35.9 Å². The summed E-state index contributed by atoms with van der Waals surface area (Å²) in [6.07, 6.45) is 1.36. The second kappa shape index (κ2) is 7.52. The van der Waals surface area contributed by atoms with E-state index in [9.17, 15) is 0 Å². The maximum Gasteiger partial charge on any atom is 0.0797 e. The van der Waals surface area contributed by atoms with Gasteiger partial charge >= 0.3 is 0 Å². The second-order valence-corrected chi connectivity index (χ2v) is 4.86. The van der Waals surface area contributed by atoms with Crippen LogP contribution < -0.4 is 5.32 Å². The Morgan fingerprint density at radius 3 is 2.94 bits per heavy atom. The van der Waals surface area contributed by atoms with E-state index >= 15 is 0 Å². The Balaban J connectivity index is 1.55. The molecule has 0 saturated carbocycles. The number of benzene rings is 1. The minimum absolute atomic E-state index is 0.169. The predicted octanol–water partition coefficient (Wildman–Crippen LogP) is 2.39. The van der Waals surface area contributed by atoms with Crippen LogP contribution in [0.5, 0.6) is 0 Å². The molecule has 0 radical (unpaired) electrons. The fourth-order valence-electron chi connectivity index (χ4n) is 2.18. The van der Waals surface area contributed by atoms with Crippen LogP contribution in [0.4, 0.5) is 0 Å². The van der Waals surface area contributed by atoms with Crippen LogP contribution in [-0.4, -0.2) is 32.9 Å². The van der Waals surface area contributed by atoms with Crippen LogP contribution in [0, 0.1) is 5.92 Å². The van der Waals surface area contributed by atoms with Crippen molar-refractivity contribution in [1.29, 1.82) is 0 Å². The first-order valence-corrected chi connectivity index (χ1v) is 6.81. The van der Waals surface area contributed by atoms with Gasteiger partial charge in [0, 0.05) is 19.7 Å². The SMILES string of the molecule is CC(OCCNCC1CCOC1)c1ccccc1. The Labute approximate surface area is 109 Å². The molecule has 18 heavy (non-hydrogen) atoms. The van der Waals surface area contributed by atoms with Crippen LogP contribution in [0.2, 0.25) is 0 Å². The zero-order chi connectivity index (χ0) is 12.6. The predicted molar refractivity (Wildman–Crippen MR) is 72.6 cm³/mol. The monoisotopic (exact) mass is 249 g/mol. The molecule has 2 atom stereocenters. The fourth-order valence-corrected chi connectivity index (χ4v) is 2.18. The van der Waals surface area contributed by atoms with Crippen LogP contribution in [-0.2, 0) is 9.47 Å². The van der Waals surface area contributed by atoms with E-state index in [1.54, 1.807) is 0 Å². The van der Waals surface area contributed by atoms with E-state index in [4.69, 9.17) is 9.47 Å². The first-order valence-electron chi connectivity index (χ1n) is 6.81. The third-order valence-corrected chi connectivity index (χ3v) is 3.37. The molecule has 0 aliphatic carbocycles. The van der Waals surface area contributed by atoms with Crippen molar-refractivity contribution in [3.63, 3.8) is 0 Å². The third kappa shape index (κ3) is 4.41. The highest BCUT2D eigenvalue weighted by Gasteiger charge is 2.14. The zero-order valence-corrected chi connectivity index (χ0v) is 11.1. The molecule has 0 amide bonds. The van der Waals surface area contributed by atoms with Gasteiger partial charge in [0.25, 0.3) is 0 Å². The highest BCUT2D eigenvalue weighted by Crippen LogP contribution is 2.15. The van der Waals surface area contributed by atoms with Gasteiger partial charge in [-0.1, -0.05) is 30.3 Å². The van der Waals surface area contributed by atoms with Crippen molar-refractivity contribution in [2.75, 3.05) is 32.9 Å². The molecule has 1 aliphatic rings. The number of nitrogens with one attached hydrogen (secondary N) is 1. The lowest BCUT2D eigenvalue weighted by molar-refractivity contribution is 0.0672. The summed E-state index contributed by atoms with van der Waals surface area (Å²) >= 11 is 0. The van der Waals surface area contributed by atoms with Gasteiger partial charge in [-0.05, 0) is 24.8 Å². The lowest BCUT2D eigenvalue weighted by Gasteiger charge is -2.14. The lowest BCUT2D eigenvalue weighted by Crippen LogP contribution is -2.26. The topological polar surface area (TPSA) is 30.5 Å². The summed E-state index contributed by atoms with van der Waals surface area (Å²) in [4.78, 5) is 0. The molecule has 1 aliphatic heterocycles. The van der Waals surface area contributed by atoms with Crippen molar-refractivity contribution < 1.29 is 9.47 Å². The first kappa shape index (κ1) is 13.5. The van der Waals surface area contributed by atoms with Crippen molar-refractivity contribution in [2.45, 2.75) is 19.4 Å². The lowest BCUT2D eigenvalue weighted by atomic mass is 10.1. The highest BCUT2D eigenvalue weighted by molar-refractivity contribution is 5.16. The maximum atomic E-state index is 5.80. The van der Waals surface area contributed by atoms with E-state index in [0.717, 1.165) is 32.9 Å². The molecular weight excluding hydrogens is 226 g/mol. The smallest absolute Gasteiger partial charge is 0.0797 e. The Bertz CT molecular complexity index is 323. The summed E-state index contributed by atoms with van der Waals surface area (Å²) < 4.78 is 11.1. The van der Waals surface area contributed by atoms with E-state index in [2.05, 4.69) is 24.4 Å². The van der Waals surface area contributed by atoms with Gasteiger partial charge in [-0.25, -0.2) is 0 Å². The molecule has 1 fully saturated rings. The molecule has 1 aromatic rings. The molecule has 0 spiro atoms. The standard InChI is InChI=1S/C15H23NO2/c1-13(15-5-3-2-4-6-15)18-10-8-16-11-14-7-9-17-12-14/h2-6,13-14,16H,7-12H2,1H3. The van der Waals surface area contributed by atoms with Gasteiger partial charge in [0.15, 0.2) is 0 Å². The minimum atomic E-state index is 0.169. The Morgan fingerprint density at radius 1 is 1.39 bits per heavy atom. The van der Waals surface area contributed by atoms with Crippen LogP contribution in [0.25, 0.3) is 0 Å². The van der Waals surface area contributed by atoms with E-state index in [1.807, 2.05) is 18.2 Å². The van der Waals surface area contributed by atoms with Crippen LogP contribution in [0.1, 0.15) is 25.0 Å². The molecule has 1 heterocycles. The molecule has 0 aromatic heterocycles. The van der Waals surface area contributed by atoms with Crippen LogP contribution in [0.3, 0.4) is 0 Å². The molecule has 1 N–H and O–H groups in total. The van der Waals surface area contributed by atoms with Gasteiger partial charge in [0.1, 0.15) is 0 Å². The first-order chi connectivity index (χ1) is 8.86. The third-order valence-electron chi connectivity index (χ3n) is 3.37. The van der Waals surface area contributed by atoms with E-state index < -0.39 is 0 Å². The Hall–Kier alpha value is -0.900. The second-order valence-electron chi connectivity index (χ2n) is 4.86. The molecule has 3 nitrogen and oxygen atoms in total. The van der Waals surface area contributed by atoms with Gasteiger partial charge in [-0.15, -0.1) is 0 Å². The Morgan fingerprint density at radius 2 is 2.22 bits per heavy atom. The highest BCUT2D eigenvalue weighted by atomic mass is 16.5. The average Bonchev–Trinajstić information content (AvgIpc) is 2.92. The molecule has 100 valence electrons. The summed E-state index contributed by atoms with van der Waals surface area (Å²) in [5.74, 6) is 0.691.